The first-order valence-electron chi connectivity index (χ1n) is 13.1. The Kier molecular flexibility index (Phi) is 6.32. The van der Waals surface area contributed by atoms with Crippen molar-refractivity contribution < 1.29 is 13.9 Å². The Balaban J connectivity index is 1.24. The molecule has 42 heavy (non-hydrogen) atoms. The molecule has 0 fully saturated rings. The van der Waals surface area contributed by atoms with Gasteiger partial charge in [-0.15, -0.1) is 0 Å². The van der Waals surface area contributed by atoms with E-state index in [4.69, 9.17) is 0 Å². The summed E-state index contributed by atoms with van der Waals surface area (Å²) in [6, 6.07) is 19.2. The van der Waals surface area contributed by atoms with Crippen LogP contribution in [-0.4, -0.2) is 46.5 Å². The molecule has 1 atom stereocenters. The molecule has 0 radical (unpaired) electrons. The molecule has 206 valence electrons. The maximum Gasteiger partial charge on any atom is 0.184 e. The summed E-state index contributed by atoms with van der Waals surface area (Å²) >= 11 is 0. The highest BCUT2D eigenvalue weighted by atomic mass is 19.1. The second kappa shape index (κ2) is 10.5. The lowest BCUT2D eigenvalue weighted by Gasteiger charge is -2.15. The Morgan fingerprint density at radius 1 is 0.857 bits per heavy atom. The number of aromatic nitrogens is 7. The van der Waals surface area contributed by atoms with Crippen LogP contribution in [0.3, 0.4) is 0 Å². The van der Waals surface area contributed by atoms with Crippen LogP contribution in [-0.2, 0) is 6.42 Å². The summed E-state index contributed by atoms with van der Waals surface area (Å²) in [6.07, 6.45) is 5.63. The number of imidazole rings is 1. The van der Waals surface area contributed by atoms with E-state index in [2.05, 4.69) is 40.4 Å². The molecule has 11 heteroatoms. The van der Waals surface area contributed by atoms with Gasteiger partial charge in [-0.05, 0) is 35.4 Å². The van der Waals surface area contributed by atoms with Crippen LogP contribution in [0.1, 0.15) is 5.56 Å². The Labute approximate surface area is 237 Å². The number of aliphatic hydroxyl groups is 1. The van der Waals surface area contributed by atoms with E-state index in [9.17, 15) is 9.50 Å². The quantitative estimate of drug-likeness (QED) is 0.179. The van der Waals surface area contributed by atoms with Gasteiger partial charge in [0, 0.05) is 41.7 Å². The lowest BCUT2D eigenvalue weighted by molar-refractivity contribution is 0.204. The monoisotopic (exact) mass is 560 g/mol. The van der Waals surface area contributed by atoms with Gasteiger partial charge >= 0.3 is 0 Å². The average molecular weight is 561 g/mol. The van der Waals surface area contributed by atoms with Gasteiger partial charge in [-0.1, -0.05) is 42.5 Å². The number of hydrogen-bond donors (Lipinski definition) is 4. The standard InChI is InChI=1S/C31H22F2N8O/c32-20-8-6-18(7-9-20)22-10-11-35-30-27(22)38-31(39-30)28-25-26(33)23(16-36-29(25)41-40-28)19-13-21(15-34-14-19)37-24(42)12-17-4-2-1-3-5-17/h1-11,13-16,24,37,42H,12H2,(H,35,38,39)(H,36,40,41). The van der Waals surface area contributed by atoms with Crippen molar-refractivity contribution in [2.45, 2.75) is 12.6 Å². The van der Waals surface area contributed by atoms with Crippen LogP contribution in [0.15, 0.2) is 91.5 Å². The van der Waals surface area contributed by atoms with Gasteiger partial charge in [0.1, 0.15) is 23.6 Å². The highest BCUT2D eigenvalue weighted by Crippen LogP contribution is 2.34. The maximum atomic E-state index is 16.2. The third-order valence-corrected chi connectivity index (χ3v) is 6.96. The number of anilines is 1. The number of nitrogens with one attached hydrogen (secondary N) is 3. The van der Waals surface area contributed by atoms with E-state index in [1.54, 1.807) is 36.7 Å². The topological polar surface area (TPSA) is 128 Å². The molecule has 0 amide bonds. The summed E-state index contributed by atoms with van der Waals surface area (Å²) < 4.78 is 29.7. The fourth-order valence-electron chi connectivity index (χ4n) is 4.97. The zero-order valence-electron chi connectivity index (χ0n) is 21.9. The van der Waals surface area contributed by atoms with E-state index < -0.39 is 12.0 Å². The number of pyridine rings is 3. The Bertz CT molecular complexity index is 2040. The molecule has 0 spiro atoms. The summed E-state index contributed by atoms with van der Waals surface area (Å²) in [5, 5.41) is 20.7. The van der Waals surface area contributed by atoms with Crippen molar-refractivity contribution in [3.63, 3.8) is 0 Å². The number of aliphatic hydroxyl groups excluding tert-OH is 1. The molecular weight excluding hydrogens is 538 g/mol. The van der Waals surface area contributed by atoms with Crippen molar-refractivity contribution in [2.75, 3.05) is 5.32 Å². The number of benzene rings is 2. The van der Waals surface area contributed by atoms with E-state index in [0.29, 0.717) is 40.4 Å². The number of fused-ring (bicyclic) bond motifs is 2. The second-order valence-corrected chi connectivity index (χ2v) is 9.74. The zero-order chi connectivity index (χ0) is 28.6. The Morgan fingerprint density at radius 3 is 2.52 bits per heavy atom. The van der Waals surface area contributed by atoms with E-state index >= 15 is 4.39 Å². The van der Waals surface area contributed by atoms with Crippen LogP contribution < -0.4 is 5.32 Å². The first-order valence-corrected chi connectivity index (χ1v) is 13.1. The number of halogens is 2. The van der Waals surface area contributed by atoms with Gasteiger partial charge in [-0.25, -0.2) is 23.7 Å². The smallest absolute Gasteiger partial charge is 0.184 e. The van der Waals surface area contributed by atoms with Crippen molar-refractivity contribution in [1.82, 2.24) is 35.1 Å². The fraction of sp³-hybridized carbons (Fsp3) is 0.0645. The molecule has 7 aromatic rings. The van der Waals surface area contributed by atoms with Crippen molar-refractivity contribution in [1.29, 1.82) is 0 Å². The second-order valence-electron chi connectivity index (χ2n) is 9.74. The van der Waals surface area contributed by atoms with Gasteiger partial charge in [0.25, 0.3) is 0 Å². The highest BCUT2D eigenvalue weighted by Gasteiger charge is 2.21. The lowest BCUT2D eigenvalue weighted by atomic mass is 10.1. The van der Waals surface area contributed by atoms with Crippen LogP contribution >= 0.6 is 0 Å². The predicted octanol–water partition coefficient (Wildman–Crippen LogP) is 5.88. The van der Waals surface area contributed by atoms with Gasteiger partial charge in [0.05, 0.1) is 22.8 Å². The summed E-state index contributed by atoms with van der Waals surface area (Å²) in [7, 11) is 0. The van der Waals surface area contributed by atoms with Crippen molar-refractivity contribution in [3.8, 4) is 33.8 Å². The summed E-state index contributed by atoms with van der Waals surface area (Å²) in [6.45, 7) is 0. The molecule has 2 aromatic carbocycles. The molecule has 0 bridgehead atoms. The minimum absolute atomic E-state index is 0.150. The first-order chi connectivity index (χ1) is 20.5. The SMILES string of the molecule is OC(Cc1ccccc1)Nc1cncc(-c2cnc3n[nH]c(-c4nc5nccc(-c6ccc(F)cc6)c5[nH]4)c3c2F)c1. The van der Waals surface area contributed by atoms with Crippen LogP contribution in [0, 0.1) is 11.6 Å². The number of hydrogen-bond acceptors (Lipinski definition) is 7. The van der Waals surface area contributed by atoms with E-state index in [0.717, 1.165) is 16.7 Å². The molecule has 4 N–H and O–H groups in total. The first kappa shape index (κ1) is 25.4. The average Bonchev–Trinajstić information content (AvgIpc) is 3.63. The van der Waals surface area contributed by atoms with Gasteiger partial charge in [0.2, 0.25) is 0 Å². The van der Waals surface area contributed by atoms with Crippen molar-refractivity contribution in [3.05, 3.63) is 109 Å². The molecule has 0 aliphatic carbocycles. The number of H-pyrrole nitrogens is 2. The van der Waals surface area contributed by atoms with Crippen molar-refractivity contribution in [2.24, 2.45) is 0 Å². The Morgan fingerprint density at radius 2 is 1.69 bits per heavy atom. The minimum Gasteiger partial charge on any atom is -0.373 e. The molecule has 1 unspecified atom stereocenters. The van der Waals surface area contributed by atoms with Crippen molar-refractivity contribution >= 4 is 27.9 Å². The number of aromatic amines is 2. The molecular formula is C31H22F2N8O. The van der Waals surface area contributed by atoms with Gasteiger partial charge in [-0.2, -0.15) is 5.10 Å². The summed E-state index contributed by atoms with van der Waals surface area (Å²) in [5.74, 6) is -0.568. The predicted molar refractivity (Wildman–Crippen MR) is 155 cm³/mol. The molecule has 5 heterocycles. The Hall–Kier alpha value is -5.55. The van der Waals surface area contributed by atoms with Gasteiger partial charge in [0.15, 0.2) is 17.1 Å². The molecule has 9 nitrogen and oxygen atoms in total. The van der Waals surface area contributed by atoms with Crippen LogP contribution in [0.2, 0.25) is 0 Å². The minimum atomic E-state index is -0.864. The number of nitrogens with zero attached hydrogens (tertiary/aromatic N) is 5. The highest BCUT2D eigenvalue weighted by molar-refractivity contribution is 5.96. The van der Waals surface area contributed by atoms with Crippen LogP contribution in [0.5, 0.6) is 0 Å². The maximum absolute atomic E-state index is 16.2. The third kappa shape index (κ3) is 4.71. The summed E-state index contributed by atoms with van der Waals surface area (Å²) in [4.78, 5) is 20.8. The fourth-order valence-corrected chi connectivity index (χ4v) is 4.97. The summed E-state index contributed by atoms with van der Waals surface area (Å²) in [5.41, 5.74) is 5.24. The molecule has 0 aliphatic rings. The van der Waals surface area contributed by atoms with Gasteiger partial charge in [-0.3, -0.25) is 10.1 Å². The van der Waals surface area contributed by atoms with E-state index in [1.807, 2.05) is 30.3 Å². The van der Waals surface area contributed by atoms with Crippen LogP contribution in [0.25, 0.3) is 56.0 Å². The molecule has 0 saturated carbocycles. The van der Waals surface area contributed by atoms with Crippen LogP contribution in [0.4, 0.5) is 14.5 Å². The molecule has 0 aliphatic heterocycles. The molecule has 7 rings (SSSR count). The molecule has 5 aromatic heterocycles. The lowest BCUT2D eigenvalue weighted by Crippen LogP contribution is -2.21. The normalized spacial score (nSPS) is 12.2. The number of rotatable bonds is 7. The zero-order valence-corrected chi connectivity index (χ0v) is 21.9. The van der Waals surface area contributed by atoms with Gasteiger partial charge < -0.3 is 15.4 Å². The van der Waals surface area contributed by atoms with E-state index in [-0.39, 0.29) is 22.4 Å². The van der Waals surface area contributed by atoms with E-state index in [1.165, 1.54) is 24.5 Å². The molecule has 0 saturated heterocycles. The largest absolute Gasteiger partial charge is 0.373 e. The third-order valence-electron chi connectivity index (χ3n) is 6.96.